The zero-order chi connectivity index (χ0) is 9.90. The van der Waals surface area contributed by atoms with Crippen molar-refractivity contribution in [1.29, 1.82) is 0 Å². The molecule has 1 saturated heterocycles. The summed E-state index contributed by atoms with van der Waals surface area (Å²) in [5.74, 6) is -0.598. The highest BCUT2D eigenvalue weighted by Crippen LogP contribution is 2.22. The quantitative estimate of drug-likeness (QED) is 0.521. The summed E-state index contributed by atoms with van der Waals surface area (Å²) in [7, 11) is 0. The molecule has 0 aromatic carbocycles. The molecule has 0 aliphatic carbocycles. The number of carbonyl (C=O) groups is 2. The molecule has 13 heavy (non-hydrogen) atoms. The molecule has 1 aliphatic rings. The lowest BCUT2D eigenvalue weighted by Crippen LogP contribution is -2.55. The maximum absolute atomic E-state index is 12.7. The van der Waals surface area contributed by atoms with E-state index in [0.29, 0.717) is 6.42 Å². The van der Waals surface area contributed by atoms with Crippen molar-refractivity contribution >= 4 is 11.7 Å². The highest BCUT2D eigenvalue weighted by molar-refractivity contribution is 6.01. The van der Waals surface area contributed by atoms with Crippen LogP contribution in [0.4, 0.5) is 4.39 Å². The molecule has 0 saturated carbocycles. The van der Waals surface area contributed by atoms with Crippen molar-refractivity contribution in [3.8, 4) is 0 Å². The van der Waals surface area contributed by atoms with Crippen LogP contribution in [0.2, 0.25) is 0 Å². The lowest BCUT2D eigenvalue weighted by Gasteiger charge is -2.33. The molecule has 0 bridgehead atoms. The second-order valence-electron chi connectivity index (χ2n) is 3.35. The molecule has 0 aromatic rings. The Hall–Kier alpha value is -1.19. The number of rotatable bonds is 3. The molecule has 1 N–H and O–H groups in total. The molecule has 1 fully saturated rings. The van der Waals surface area contributed by atoms with E-state index in [0.717, 1.165) is 0 Å². The third-order valence-electron chi connectivity index (χ3n) is 2.09. The molecule has 1 heterocycles. The largest absolute Gasteiger partial charge is 0.347 e. The van der Waals surface area contributed by atoms with Gasteiger partial charge in [0.15, 0.2) is 0 Å². The highest BCUT2D eigenvalue weighted by Gasteiger charge is 2.37. The van der Waals surface area contributed by atoms with Crippen LogP contribution in [0.25, 0.3) is 0 Å². The standard InChI is InChI=1S/C9H12FNO2/c1-2-3-9(6-10)5-7(12)4-8(13)11-9/h2H,1,3-6H2,(H,11,13). The normalized spacial score (nSPS) is 28.4. The maximum Gasteiger partial charge on any atom is 0.227 e. The van der Waals surface area contributed by atoms with E-state index in [4.69, 9.17) is 0 Å². The molecule has 3 nitrogen and oxygen atoms in total. The monoisotopic (exact) mass is 185 g/mol. The lowest BCUT2D eigenvalue weighted by atomic mass is 9.86. The number of ketones is 1. The van der Waals surface area contributed by atoms with Crippen LogP contribution in [-0.2, 0) is 9.59 Å². The van der Waals surface area contributed by atoms with Gasteiger partial charge in [-0.15, -0.1) is 6.58 Å². The van der Waals surface area contributed by atoms with E-state index in [2.05, 4.69) is 11.9 Å². The van der Waals surface area contributed by atoms with Gasteiger partial charge in [-0.05, 0) is 6.42 Å². The second-order valence-corrected chi connectivity index (χ2v) is 3.35. The fourth-order valence-electron chi connectivity index (χ4n) is 1.54. The average Bonchev–Trinajstić information content (AvgIpc) is 2.03. The summed E-state index contributed by atoms with van der Waals surface area (Å²) in [5, 5.41) is 2.50. The van der Waals surface area contributed by atoms with Gasteiger partial charge in [0.25, 0.3) is 0 Å². The average molecular weight is 185 g/mol. The van der Waals surface area contributed by atoms with E-state index in [1.54, 1.807) is 0 Å². The minimum Gasteiger partial charge on any atom is -0.347 e. The number of nitrogens with one attached hydrogen (secondary N) is 1. The molecule has 0 aromatic heterocycles. The molecule has 1 rings (SSSR count). The van der Waals surface area contributed by atoms with Crippen molar-refractivity contribution < 1.29 is 14.0 Å². The van der Waals surface area contributed by atoms with Gasteiger partial charge in [-0.1, -0.05) is 6.08 Å². The number of piperidine rings is 1. The van der Waals surface area contributed by atoms with Crippen LogP contribution in [0.3, 0.4) is 0 Å². The Balaban J connectivity index is 2.78. The number of hydrogen-bond acceptors (Lipinski definition) is 2. The Morgan fingerprint density at radius 2 is 2.31 bits per heavy atom. The van der Waals surface area contributed by atoms with Crippen LogP contribution in [0.5, 0.6) is 0 Å². The van der Waals surface area contributed by atoms with Crippen LogP contribution in [0, 0.1) is 0 Å². The number of carbonyl (C=O) groups excluding carboxylic acids is 2. The van der Waals surface area contributed by atoms with E-state index in [-0.39, 0.29) is 18.6 Å². The van der Waals surface area contributed by atoms with Crippen molar-refractivity contribution in [1.82, 2.24) is 5.32 Å². The minimum atomic E-state index is -1.02. The molecule has 1 aliphatic heterocycles. The predicted molar refractivity (Wildman–Crippen MR) is 45.9 cm³/mol. The van der Waals surface area contributed by atoms with Crippen LogP contribution in [0.1, 0.15) is 19.3 Å². The highest BCUT2D eigenvalue weighted by atomic mass is 19.1. The first-order valence-electron chi connectivity index (χ1n) is 4.11. The van der Waals surface area contributed by atoms with Crippen molar-refractivity contribution in [3.63, 3.8) is 0 Å². The second kappa shape index (κ2) is 3.68. The first-order chi connectivity index (χ1) is 6.12. The van der Waals surface area contributed by atoms with E-state index in [9.17, 15) is 14.0 Å². The Labute approximate surface area is 76.0 Å². The number of Topliss-reactive ketones (excluding diaryl/α,β-unsaturated/α-hetero) is 1. The Morgan fingerprint density at radius 3 is 2.77 bits per heavy atom. The van der Waals surface area contributed by atoms with Gasteiger partial charge in [0.05, 0.1) is 12.0 Å². The fraction of sp³-hybridized carbons (Fsp3) is 0.556. The van der Waals surface area contributed by atoms with Gasteiger partial charge in [0, 0.05) is 6.42 Å². The number of hydrogen-bond donors (Lipinski definition) is 1. The summed E-state index contributed by atoms with van der Waals surface area (Å²) in [4.78, 5) is 22.1. The van der Waals surface area contributed by atoms with Crippen molar-refractivity contribution in [2.24, 2.45) is 0 Å². The van der Waals surface area contributed by atoms with Gasteiger partial charge in [-0.25, -0.2) is 4.39 Å². The molecule has 1 amide bonds. The van der Waals surface area contributed by atoms with Gasteiger partial charge in [-0.2, -0.15) is 0 Å². The third-order valence-corrected chi connectivity index (χ3v) is 2.09. The summed E-state index contributed by atoms with van der Waals surface area (Å²) in [6.07, 6.45) is 1.75. The Kier molecular flexibility index (Phi) is 2.80. The van der Waals surface area contributed by atoms with E-state index in [1.807, 2.05) is 0 Å². The molecule has 1 atom stereocenters. The Morgan fingerprint density at radius 1 is 1.62 bits per heavy atom. The van der Waals surface area contributed by atoms with Crippen molar-refractivity contribution in [2.45, 2.75) is 24.8 Å². The van der Waals surface area contributed by atoms with Gasteiger partial charge >= 0.3 is 0 Å². The van der Waals surface area contributed by atoms with Crippen molar-refractivity contribution in [2.75, 3.05) is 6.67 Å². The van der Waals surface area contributed by atoms with Gasteiger partial charge in [0.1, 0.15) is 12.5 Å². The smallest absolute Gasteiger partial charge is 0.227 e. The number of amides is 1. The first-order valence-corrected chi connectivity index (χ1v) is 4.11. The zero-order valence-electron chi connectivity index (χ0n) is 7.31. The number of alkyl halides is 1. The van der Waals surface area contributed by atoms with E-state index in [1.165, 1.54) is 6.08 Å². The first kappa shape index (κ1) is 9.89. The minimum absolute atomic E-state index is 0.0707. The zero-order valence-corrected chi connectivity index (χ0v) is 7.31. The predicted octanol–water partition coefficient (Wildman–Crippen LogP) is 0.750. The van der Waals surface area contributed by atoms with Crippen LogP contribution >= 0.6 is 0 Å². The summed E-state index contributed by atoms with van der Waals surface area (Å²) < 4.78 is 12.7. The summed E-state index contributed by atoms with van der Waals surface area (Å²) in [6, 6.07) is 0. The van der Waals surface area contributed by atoms with E-state index < -0.39 is 18.1 Å². The summed E-state index contributed by atoms with van der Waals surface area (Å²) >= 11 is 0. The van der Waals surface area contributed by atoms with Crippen LogP contribution < -0.4 is 5.32 Å². The fourth-order valence-corrected chi connectivity index (χ4v) is 1.54. The molecule has 4 heteroatoms. The van der Waals surface area contributed by atoms with Crippen molar-refractivity contribution in [3.05, 3.63) is 12.7 Å². The van der Waals surface area contributed by atoms with Crippen LogP contribution in [-0.4, -0.2) is 23.9 Å². The van der Waals surface area contributed by atoms with Gasteiger partial charge in [-0.3, -0.25) is 9.59 Å². The Bertz CT molecular complexity index is 234. The molecular formula is C9H12FNO2. The van der Waals surface area contributed by atoms with Gasteiger partial charge < -0.3 is 5.32 Å². The van der Waals surface area contributed by atoms with Gasteiger partial charge in [0.2, 0.25) is 5.91 Å². The summed E-state index contributed by atoms with van der Waals surface area (Å²) in [5.41, 5.74) is -1.02. The number of halogens is 1. The SMILES string of the molecule is C=CCC1(CF)CC(=O)CC(=O)N1. The molecular weight excluding hydrogens is 173 g/mol. The maximum atomic E-state index is 12.7. The molecule has 1 unspecified atom stereocenters. The molecule has 0 spiro atoms. The lowest BCUT2D eigenvalue weighted by molar-refractivity contribution is -0.134. The molecule has 72 valence electrons. The third kappa shape index (κ3) is 2.14. The van der Waals surface area contributed by atoms with Crippen LogP contribution in [0.15, 0.2) is 12.7 Å². The topological polar surface area (TPSA) is 46.2 Å². The summed E-state index contributed by atoms with van der Waals surface area (Å²) in [6.45, 7) is 2.74. The van der Waals surface area contributed by atoms with E-state index >= 15 is 0 Å². The molecule has 0 radical (unpaired) electrons.